The van der Waals surface area contributed by atoms with Crippen LogP contribution < -0.4 is 0 Å². The third-order valence-electron chi connectivity index (χ3n) is 5.06. The lowest BCUT2D eigenvalue weighted by Gasteiger charge is -2.41. The summed E-state index contributed by atoms with van der Waals surface area (Å²) in [5.41, 5.74) is 0. The molecule has 0 bridgehead atoms. The molecule has 0 saturated carbocycles. The van der Waals surface area contributed by atoms with Crippen molar-refractivity contribution in [3.8, 4) is 0 Å². The Balaban J connectivity index is 2.15. The molecule has 2 saturated heterocycles. The van der Waals surface area contributed by atoms with Crippen molar-refractivity contribution in [2.24, 2.45) is 5.92 Å². The number of carbonyl (C=O) groups excluding carboxylic acids is 3. The smallest absolute Gasteiger partial charge is 0.328 e. The molecule has 0 aromatic carbocycles. The summed E-state index contributed by atoms with van der Waals surface area (Å²) < 4.78 is 10.6. The molecule has 2 aliphatic heterocycles. The fourth-order valence-corrected chi connectivity index (χ4v) is 3.44. The van der Waals surface area contributed by atoms with Crippen molar-refractivity contribution < 1.29 is 29.0 Å². The highest BCUT2D eigenvalue weighted by Gasteiger charge is 2.51. The number of likely N-dealkylation sites (tertiary alicyclic amines) is 1. The van der Waals surface area contributed by atoms with Crippen LogP contribution in [0.3, 0.4) is 0 Å². The third kappa shape index (κ3) is 4.20. The van der Waals surface area contributed by atoms with Crippen molar-refractivity contribution in [3.63, 3.8) is 0 Å². The average Bonchev–Trinajstić information content (AvgIpc) is 2.61. The lowest BCUT2D eigenvalue weighted by atomic mass is 9.87. The minimum absolute atomic E-state index is 0.285. The molecule has 1 amide bonds. The predicted molar refractivity (Wildman–Crippen MR) is 89.5 cm³/mol. The molecule has 2 fully saturated rings. The summed E-state index contributed by atoms with van der Waals surface area (Å²) in [5.74, 6) is -4.93. The van der Waals surface area contributed by atoms with E-state index >= 15 is 0 Å². The number of piperidine rings is 1. The predicted octanol–water partition coefficient (Wildman–Crippen LogP) is 1.41. The van der Waals surface area contributed by atoms with E-state index in [0.717, 1.165) is 12.8 Å². The van der Waals surface area contributed by atoms with Gasteiger partial charge in [-0.15, -0.1) is 0 Å². The first-order valence-electron chi connectivity index (χ1n) is 9.23. The molecule has 2 heterocycles. The third-order valence-corrected chi connectivity index (χ3v) is 5.06. The summed E-state index contributed by atoms with van der Waals surface area (Å²) in [6.07, 6.45) is 3.67. The number of Topliss-reactive ketones (excluding diaryl/α,β-unsaturated/α-hetero) is 1. The Morgan fingerprint density at radius 1 is 1.20 bits per heavy atom. The Morgan fingerprint density at radius 3 is 2.60 bits per heavy atom. The zero-order valence-corrected chi connectivity index (χ0v) is 15.3. The van der Waals surface area contributed by atoms with Crippen LogP contribution in [0, 0.1) is 5.92 Å². The van der Waals surface area contributed by atoms with Crippen molar-refractivity contribution in [1.82, 2.24) is 4.90 Å². The van der Waals surface area contributed by atoms with Crippen molar-refractivity contribution in [2.75, 3.05) is 13.2 Å². The van der Waals surface area contributed by atoms with Crippen LogP contribution >= 0.6 is 0 Å². The van der Waals surface area contributed by atoms with Crippen molar-refractivity contribution in [2.45, 2.75) is 77.2 Å². The molecule has 0 aromatic rings. The fourth-order valence-electron chi connectivity index (χ4n) is 3.44. The van der Waals surface area contributed by atoms with Gasteiger partial charge in [0.05, 0.1) is 12.7 Å². The van der Waals surface area contributed by atoms with E-state index in [1.165, 1.54) is 4.90 Å². The number of ether oxygens (including phenoxy) is 2. The van der Waals surface area contributed by atoms with Gasteiger partial charge in [0.2, 0.25) is 5.79 Å². The van der Waals surface area contributed by atoms with Crippen LogP contribution in [0.1, 0.15) is 59.3 Å². The number of hydrogen-bond acceptors (Lipinski definition) is 6. The van der Waals surface area contributed by atoms with E-state index in [2.05, 4.69) is 0 Å². The van der Waals surface area contributed by atoms with Crippen LogP contribution in [0.4, 0.5) is 0 Å². The van der Waals surface area contributed by atoms with Gasteiger partial charge in [-0.25, -0.2) is 4.79 Å². The molecule has 142 valence electrons. The number of carbonyl (C=O) groups is 3. The van der Waals surface area contributed by atoms with Crippen LogP contribution in [-0.4, -0.2) is 58.8 Å². The molecule has 7 heteroatoms. The molecule has 0 spiro atoms. The molecule has 2 aliphatic rings. The second kappa shape index (κ2) is 8.27. The summed E-state index contributed by atoms with van der Waals surface area (Å²) in [7, 11) is 0. The van der Waals surface area contributed by atoms with E-state index in [0.29, 0.717) is 32.2 Å². The SMILES string of the molecule is CCCOC(=O)C1CCCCN1C(=O)C(=O)C1(O)OC(C)CCC1C. The van der Waals surface area contributed by atoms with E-state index in [1.54, 1.807) is 13.8 Å². The van der Waals surface area contributed by atoms with Crippen LogP contribution in [-0.2, 0) is 23.9 Å². The maximum atomic E-state index is 12.8. The highest BCUT2D eigenvalue weighted by atomic mass is 16.6. The van der Waals surface area contributed by atoms with Gasteiger partial charge in [0.15, 0.2) is 0 Å². The van der Waals surface area contributed by atoms with Gasteiger partial charge in [0.25, 0.3) is 11.7 Å². The number of rotatable bonds is 5. The molecule has 2 rings (SSSR count). The summed E-state index contributed by atoms with van der Waals surface area (Å²) in [5, 5.41) is 10.7. The first-order valence-corrected chi connectivity index (χ1v) is 9.23. The van der Waals surface area contributed by atoms with E-state index in [4.69, 9.17) is 9.47 Å². The Labute approximate surface area is 148 Å². The maximum absolute atomic E-state index is 12.8. The van der Waals surface area contributed by atoms with Gasteiger partial charge in [0.1, 0.15) is 6.04 Å². The van der Waals surface area contributed by atoms with E-state index in [-0.39, 0.29) is 12.7 Å². The van der Waals surface area contributed by atoms with Gasteiger partial charge in [0, 0.05) is 12.5 Å². The second-order valence-electron chi connectivity index (χ2n) is 7.11. The Kier molecular flexibility index (Phi) is 6.57. The molecule has 25 heavy (non-hydrogen) atoms. The Morgan fingerprint density at radius 2 is 1.92 bits per heavy atom. The number of esters is 1. The molecule has 0 aromatic heterocycles. The maximum Gasteiger partial charge on any atom is 0.328 e. The van der Waals surface area contributed by atoms with E-state index < -0.39 is 35.4 Å². The Hall–Kier alpha value is -1.47. The quantitative estimate of drug-likeness (QED) is 0.592. The lowest BCUT2D eigenvalue weighted by Crippen LogP contribution is -2.60. The molecular formula is C18H29NO6. The highest BCUT2D eigenvalue weighted by Crippen LogP contribution is 2.34. The first-order chi connectivity index (χ1) is 11.8. The number of amides is 1. The van der Waals surface area contributed by atoms with Gasteiger partial charge in [-0.05, 0) is 45.4 Å². The van der Waals surface area contributed by atoms with Gasteiger partial charge in [-0.2, -0.15) is 0 Å². The van der Waals surface area contributed by atoms with Gasteiger partial charge in [-0.1, -0.05) is 13.8 Å². The fraction of sp³-hybridized carbons (Fsp3) is 0.833. The van der Waals surface area contributed by atoms with Crippen molar-refractivity contribution >= 4 is 17.7 Å². The number of aliphatic hydroxyl groups is 1. The van der Waals surface area contributed by atoms with Gasteiger partial charge in [-0.3, -0.25) is 9.59 Å². The van der Waals surface area contributed by atoms with Gasteiger partial charge >= 0.3 is 5.97 Å². The standard InChI is InChI=1S/C18H29NO6/c1-4-11-24-17(22)14-7-5-6-10-19(14)16(21)15(20)18(23)12(2)8-9-13(3)25-18/h12-14,23H,4-11H2,1-3H3. The number of hydrogen-bond donors (Lipinski definition) is 1. The highest BCUT2D eigenvalue weighted by molar-refractivity contribution is 6.39. The second-order valence-corrected chi connectivity index (χ2v) is 7.11. The molecule has 0 radical (unpaired) electrons. The Bertz CT molecular complexity index is 522. The molecule has 4 unspecified atom stereocenters. The molecular weight excluding hydrogens is 326 g/mol. The zero-order chi connectivity index (χ0) is 18.6. The molecule has 1 N–H and O–H groups in total. The van der Waals surface area contributed by atoms with Crippen LogP contribution in [0.25, 0.3) is 0 Å². The van der Waals surface area contributed by atoms with Gasteiger partial charge < -0.3 is 19.5 Å². The summed E-state index contributed by atoms with van der Waals surface area (Å²) in [6.45, 7) is 5.93. The minimum Gasteiger partial charge on any atom is -0.464 e. The molecule has 4 atom stereocenters. The monoisotopic (exact) mass is 355 g/mol. The zero-order valence-electron chi connectivity index (χ0n) is 15.3. The summed E-state index contributed by atoms with van der Waals surface area (Å²) >= 11 is 0. The topological polar surface area (TPSA) is 93.1 Å². The lowest BCUT2D eigenvalue weighted by molar-refractivity contribution is -0.259. The first kappa shape index (κ1) is 19.8. The van der Waals surface area contributed by atoms with Crippen LogP contribution in [0.2, 0.25) is 0 Å². The largest absolute Gasteiger partial charge is 0.464 e. The van der Waals surface area contributed by atoms with Crippen LogP contribution in [0.5, 0.6) is 0 Å². The molecule has 0 aliphatic carbocycles. The average molecular weight is 355 g/mol. The summed E-state index contributed by atoms with van der Waals surface area (Å²) in [6, 6.07) is -0.767. The normalized spacial score (nSPS) is 33.0. The number of ketones is 1. The van der Waals surface area contributed by atoms with Crippen molar-refractivity contribution in [3.05, 3.63) is 0 Å². The number of nitrogens with zero attached hydrogens (tertiary/aromatic N) is 1. The minimum atomic E-state index is -2.12. The molecule has 7 nitrogen and oxygen atoms in total. The summed E-state index contributed by atoms with van der Waals surface area (Å²) in [4.78, 5) is 39.0. The van der Waals surface area contributed by atoms with E-state index in [9.17, 15) is 19.5 Å². The van der Waals surface area contributed by atoms with Crippen LogP contribution in [0.15, 0.2) is 0 Å². The van der Waals surface area contributed by atoms with E-state index in [1.807, 2.05) is 6.92 Å². The van der Waals surface area contributed by atoms with Crippen molar-refractivity contribution in [1.29, 1.82) is 0 Å².